The van der Waals surface area contributed by atoms with E-state index >= 15 is 0 Å². The van der Waals surface area contributed by atoms with Gasteiger partial charge < -0.3 is 15.2 Å². The second kappa shape index (κ2) is 6.80. The Morgan fingerprint density at radius 3 is 3.00 bits per heavy atom. The van der Waals surface area contributed by atoms with Crippen LogP contribution in [0.3, 0.4) is 0 Å². The number of rotatable bonds is 5. The minimum atomic E-state index is -0.474. The van der Waals surface area contributed by atoms with Crippen LogP contribution in [0.1, 0.15) is 39.0 Å². The van der Waals surface area contributed by atoms with Gasteiger partial charge in [-0.1, -0.05) is 13.3 Å². The summed E-state index contributed by atoms with van der Waals surface area (Å²) in [6.45, 7) is 3.14. The Morgan fingerprint density at radius 1 is 1.60 bits per heavy atom. The molecule has 88 valence electrons. The summed E-state index contributed by atoms with van der Waals surface area (Å²) in [5, 5.41) is 0. The van der Waals surface area contributed by atoms with Crippen LogP contribution >= 0.6 is 0 Å². The molecule has 1 unspecified atom stereocenters. The average molecular weight is 215 g/mol. The fourth-order valence-corrected chi connectivity index (χ4v) is 1.65. The van der Waals surface area contributed by atoms with Gasteiger partial charge in [0.1, 0.15) is 12.6 Å². The molecule has 0 aliphatic carbocycles. The first-order valence-electron chi connectivity index (χ1n) is 5.78. The molecule has 1 rings (SSSR count). The molecule has 0 saturated carbocycles. The standard InChI is InChI=1S/C11H21NO3/c1-2-5-10(12)11(13)15-8-9-6-3-4-7-14-9/h9-10H,2-8,12H2,1H3/t9?,10-/m0/s1. The van der Waals surface area contributed by atoms with E-state index in [4.69, 9.17) is 15.2 Å². The zero-order chi connectivity index (χ0) is 11.1. The molecule has 0 aromatic carbocycles. The average Bonchev–Trinajstić information content (AvgIpc) is 2.27. The van der Waals surface area contributed by atoms with E-state index in [1.807, 2.05) is 6.92 Å². The van der Waals surface area contributed by atoms with Crippen LogP contribution in [0.15, 0.2) is 0 Å². The first kappa shape index (κ1) is 12.5. The number of carbonyl (C=O) groups is 1. The second-order valence-electron chi connectivity index (χ2n) is 4.01. The van der Waals surface area contributed by atoms with E-state index in [-0.39, 0.29) is 12.1 Å². The maximum Gasteiger partial charge on any atom is 0.322 e. The number of nitrogens with two attached hydrogens (primary N) is 1. The van der Waals surface area contributed by atoms with Crippen LogP contribution in [0.4, 0.5) is 0 Å². The molecule has 1 aliphatic heterocycles. The third-order valence-electron chi connectivity index (χ3n) is 2.59. The summed E-state index contributed by atoms with van der Waals surface area (Å²) >= 11 is 0. The maximum atomic E-state index is 11.4. The second-order valence-corrected chi connectivity index (χ2v) is 4.01. The van der Waals surface area contributed by atoms with Gasteiger partial charge in [-0.3, -0.25) is 4.79 Å². The molecule has 4 nitrogen and oxygen atoms in total. The van der Waals surface area contributed by atoms with Crippen molar-refractivity contribution in [3.8, 4) is 0 Å². The Morgan fingerprint density at radius 2 is 2.40 bits per heavy atom. The first-order chi connectivity index (χ1) is 7.24. The highest BCUT2D eigenvalue weighted by atomic mass is 16.6. The van der Waals surface area contributed by atoms with Crippen LogP contribution in [-0.2, 0) is 14.3 Å². The topological polar surface area (TPSA) is 61.6 Å². The van der Waals surface area contributed by atoms with E-state index in [9.17, 15) is 4.79 Å². The van der Waals surface area contributed by atoms with Crippen molar-refractivity contribution in [2.45, 2.75) is 51.2 Å². The van der Waals surface area contributed by atoms with Crippen molar-refractivity contribution in [3.63, 3.8) is 0 Å². The Hall–Kier alpha value is -0.610. The van der Waals surface area contributed by atoms with Gasteiger partial charge in [-0.05, 0) is 25.7 Å². The lowest BCUT2D eigenvalue weighted by Crippen LogP contribution is -2.35. The van der Waals surface area contributed by atoms with Crippen LogP contribution in [0.5, 0.6) is 0 Å². The molecule has 0 aromatic rings. The summed E-state index contributed by atoms with van der Waals surface area (Å²) in [6, 6.07) is -0.474. The number of hydrogen-bond donors (Lipinski definition) is 1. The lowest BCUT2D eigenvalue weighted by atomic mass is 10.1. The highest BCUT2D eigenvalue weighted by Gasteiger charge is 2.18. The highest BCUT2D eigenvalue weighted by molar-refractivity contribution is 5.75. The summed E-state index contributed by atoms with van der Waals surface area (Å²) in [7, 11) is 0. The van der Waals surface area contributed by atoms with Gasteiger partial charge in [0.05, 0.1) is 6.10 Å². The monoisotopic (exact) mass is 215 g/mol. The normalized spacial score (nSPS) is 23.5. The van der Waals surface area contributed by atoms with Gasteiger partial charge in [0, 0.05) is 6.61 Å². The molecule has 2 N–H and O–H groups in total. The summed E-state index contributed by atoms with van der Waals surface area (Å²) in [5.74, 6) is -0.300. The third kappa shape index (κ3) is 4.62. The Balaban J connectivity index is 2.14. The van der Waals surface area contributed by atoms with Crippen molar-refractivity contribution >= 4 is 5.97 Å². The van der Waals surface area contributed by atoms with E-state index in [1.54, 1.807) is 0 Å². The van der Waals surface area contributed by atoms with Gasteiger partial charge in [-0.25, -0.2) is 0 Å². The van der Waals surface area contributed by atoms with Gasteiger partial charge in [0.2, 0.25) is 0 Å². The van der Waals surface area contributed by atoms with Gasteiger partial charge >= 0.3 is 5.97 Å². The molecule has 0 spiro atoms. The van der Waals surface area contributed by atoms with Crippen molar-refractivity contribution in [2.75, 3.05) is 13.2 Å². The van der Waals surface area contributed by atoms with Gasteiger partial charge in [-0.2, -0.15) is 0 Å². The van der Waals surface area contributed by atoms with Crippen LogP contribution in [0, 0.1) is 0 Å². The highest BCUT2D eigenvalue weighted by Crippen LogP contribution is 2.13. The van der Waals surface area contributed by atoms with E-state index in [2.05, 4.69) is 0 Å². The predicted molar refractivity (Wildman–Crippen MR) is 57.4 cm³/mol. The molecule has 0 amide bonds. The lowest BCUT2D eigenvalue weighted by molar-refractivity contribution is -0.150. The summed E-state index contributed by atoms with van der Waals surface area (Å²) in [6.07, 6.45) is 4.91. The van der Waals surface area contributed by atoms with Crippen LogP contribution in [0.2, 0.25) is 0 Å². The van der Waals surface area contributed by atoms with Crippen molar-refractivity contribution in [1.82, 2.24) is 0 Å². The maximum absolute atomic E-state index is 11.4. The Labute approximate surface area is 91.1 Å². The third-order valence-corrected chi connectivity index (χ3v) is 2.59. The fourth-order valence-electron chi connectivity index (χ4n) is 1.65. The zero-order valence-electron chi connectivity index (χ0n) is 9.41. The number of ether oxygens (including phenoxy) is 2. The Bertz CT molecular complexity index is 190. The summed E-state index contributed by atoms with van der Waals surface area (Å²) in [4.78, 5) is 11.4. The molecule has 1 saturated heterocycles. The van der Waals surface area contributed by atoms with Crippen molar-refractivity contribution in [1.29, 1.82) is 0 Å². The number of esters is 1. The molecule has 0 aromatic heterocycles. The lowest BCUT2D eigenvalue weighted by Gasteiger charge is -2.22. The SMILES string of the molecule is CCC[C@H](N)C(=O)OCC1CCCCO1. The van der Waals surface area contributed by atoms with Gasteiger partial charge in [0.25, 0.3) is 0 Å². The smallest absolute Gasteiger partial charge is 0.322 e. The molecule has 2 atom stereocenters. The van der Waals surface area contributed by atoms with Gasteiger partial charge in [0.15, 0.2) is 0 Å². The molecular formula is C11H21NO3. The Kier molecular flexibility index (Phi) is 5.65. The van der Waals surface area contributed by atoms with Crippen molar-refractivity contribution in [3.05, 3.63) is 0 Å². The number of carbonyl (C=O) groups excluding carboxylic acids is 1. The largest absolute Gasteiger partial charge is 0.462 e. The first-order valence-corrected chi connectivity index (χ1v) is 5.78. The minimum absolute atomic E-state index is 0.0801. The van der Waals surface area contributed by atoms with Crippen molar-refractivity contribution in [2.24, 2.45) is 5.73 Å². The molecular weight excluding hydrogens is 194 g/mol. The summed E-state index contributed by atoms with van der Waals surface area (Å²) in [5.41, 5.74) is 5.63. The fraction of sp³-hybridized carbons (Fsp3) is 0.909. The van der Waals surface area contributed by atoms with E-state index in [1.165, 1.54) is 0 Å². The molecule has 4 heteroatoms. The number of hydrogen-bond acceptors (Lipinski definition) is 4. The van der Waals surface area contributed by atoms with E-state index < -0.39 is 6.04 Å². The molecule has 1 fully saturated rings. The zero-order valence-corrected chi connectivity index (χ0v) is 9.41. The minimum Gasteiger partial charge on any atom is -0.462 e. The van der Waals surface area contributed by atoms with Crippen LogP contribution < -0.4 is 5.73 Å². The van der Waals surface area contributed by atoms with Crippen molar-refractivity contribution < 1.29 is 14.3 Å². The van der Waals surface area contributed by atoms with E-state index in [0.717, 1.165) is 32.3 Å². The predicted octanol–water partition coefficient (Wildman–Crippen LogP) is 1.23. The molecule has 0 radical (unpaired) electrons. The van der Waals surface area contributed by atoms with Gasteiger partial charge in [-0.15, -0.1) is 0 Å². The molecule has 0 bridgehead atoms. The molecule has 1 aliphatic rings. The van der Waals surface area contributed by atoms with Crippen LogP contribution in [-0.4, -0.2) is 31.3 Å². The van der Waals surface area contributed by atoms with E-state index in [0.29, 0.717) is 13.0 Å². The van der Waals surface area contributed by atoms with Crippen LogP contribution in [0.25, 0.3) is 0 Å². The molecule has 1 heterocycles. The molecule has 15 heavy (non-hydrogen) atoms. The quantitative estimate of drug-likeness (QED) is 0.701. The summed E-state index contributed by atoms with van der Waals surface area (Å²) < 4.78 is 10.6.